The van der Waals surface area contributed by atoms with Gasteiger partial charge in [0.25, 0.3) is 0 Å². The van der Waals surface area contributed by atoms with Crippen LogP contribution in [0.5, 0.6) is 5.75 Å². The topological polar surface area (TPSA) is 83.3 Å². The lowest BCUT2D eigenvalue weighted by atomic mass is 9.91. The van der Waals surface area contributed by atoms with Crippen LogP contribution in [0, 0.1) is 17.4 Å². The molecule has 0 saturated carbocycles. The van der Waals surface area contributed by atoms with E-state index in [2.05, 4.69) is 24.2 Å². The van der Waals surface area contributed by atoms with Gasteiger partial charge in [0.15, 0.2) is 16.0 Å². The van der Waals surface area contributed by atoms with Gasteiger partial charge in [0.2, 0.25) is 0 Å². The number of pyridine rings is 1. The normalized spacial score (nSPS) is 17.1. The third-order valence-electron chi connectivity index (χ3n) is 4.49. The van der Waals surface area contributed by atoms with Crippen molar-refractivity contribution in [1.82, 2.24) is 9.88 Å². The molecular weight excluding hydrogens is 362 g/mol. The highest BCUT2D eigenvalue weighted by molar-refractivity contribution is 7.90. The lowest BCUT2D eigenvalue weighted by molar-refractivity contribution is 0.301. The lowest BCUT2D eigenvalue weighted by Crippen LogP contribution is -2.29. The number of aromatic nitrogens is 1. The maximum absolute atomic E-state index is 11.5. The second-order valence-corrected chi connectivity index (χ2v) is 8.65. The van der Waals surface area contributed by atoms with Crippen molar-refractivity contribution in [2.75, 3.05) is 19.3 Å². The van der Waals surface area contributed by atoms with Crippen molar-refractivity contribution in [3.05, 3.63) is 59.9 Å². The van der Waals surface area contributed by atoms with Crippen molar-refractivity contribution in [2.24, 2.45) is 5.92 Å². The van der Waals surface area contributed by atoms with Gasteiger partial charge in [-0.05, 0) is 47.4 Å². The number of sulfone groups is 1. The summed E-state index contributed by atoms with van der Waals surface area (Å²) in [5.41, 5.74) is 3.05. The monoisotopic (exact) mass is 383 g/mol. The fourth-order valence-corrected chi connectivity index (χ4v) is 3.65. The Balaban J connectivity index is 1.63. The molecule has 1 aliphatic rings. The summed E-state index contributed by atoms with van der Waals surface area (Å²) in [6.45, 7) is 3.75. The molecule has 1 aromatic carbocycles. The summed E-state index contributed by atoms with van der Waals surface area (Å²) in [7, 11) is -3.21. The SMILES string of the molecule is CC1CN(C#N)CC=C1c1ccc(COc2ccc(S(C)(=O)=O)cc2)nc1. The highest BCUT2D eigenvalue weighted by Gasteiger charge is 2.19. The smallest absolute Gasteiger partial charge is 0.179 e. The Labute approximate surface area is 159 Å². The zero-order valence-corrected chi connectivity index (χ0v) is 16.1. The zero-order valence-electron chi connectivity index (χ0n) is 15.3. The summed E-state index contributed by atoms with van der Waals surface area (Å²) in [4.78, 5) is 6.46. The van der Waals surface area contributed by atoms with Gasteiger partial charge in [-0.1, -0.05) is 19.1 Å². The molecule has 3 rings (SSSR count). The number of benzene rings is 1. The summed E-state index contributed by atoms with van der Waals surface area (Å²) in [6, 6.07) is 10.3. The molecule has 6 nitrogen and oxygen atoms in total. The maximum atomic E-state index is 11.5. The molecule has 0 bridgehead atoms. The first-order valence-electron chi connectivity index (χ1n) is 8.60. The van der Waals surface area contributed by atoms with E-state index in [-0.39, 0.29) is 10.8 Å². The Hall–Kier alpha value is -2.85. The molecule has 0 spiro atoms. The number of nitriles is 1. The minimum Gasteiger partial charge on any atom is -0.487 e. The van der Waals surface area contributed by atoms with Gasteiger partial charge in [-0.25, -0.2) is 8.42 Å². The fraction of sp³-hybridized carbons (Fsp3) is 0.300. The van der Waals surface area contributed by atoms with Gasteiger partial charge in [-0.3, -0.25) is 4.98 Å². The first-order chi connectivity index (χ1) is 12.9. The first-order valence-corrected chi connectivity index (χ1v) is 10.5. The third kappa shape index (κ3) is 4.66. The van der Waals surface area contributed by atoms with Crippen LogP contribution in [0.2, 0.25) is 0 Å². The van der Waals surface area contributed by atoms with Crippen molar-refractivity contribution >= 4 is 15.4 Å². The molecule has 1 aliphatic heterocycles. The van der Waals surface area contributed by atoms with E-state index in [1.807, 2.05) is 18.3 Å². The maximum Gasteiger partial charge on any atom is 0.179 e. The van der Waals surface area contributed by atoms with Crippen molar-refractivity contribution in [3.8, 4) is 11.9 Å². The Morgan fingerprint density at radius 3 is 2.56 bits per heavy atom. The summed E-state index contributed by atoms with van der Waals surface area (Å²) in [6.07, 6.45) is 7.26. The molecule has 1 aromatic heterocycles. The predicted molar refractivity (Wildman–Crippen MR) is 102 cm³/mol. The van der Waals surface area contributed by atoms with E-state index in [4.69, 9.17) is 10.00 Å². The van der Waals surface area contributed by atoms with Crippen molar-refractivity contribution < 1.29 is 13.2 Å². The summed E-state index contributed by atoms with van der Waals surface area (Å²) < 4.78 is 28.6. The fourth-order valence-electron chi connectivity index (χ4n) is 3.02. The Morgan fingerprint density at radius 2 is 2.00 bits per heavy atom. The molecule has 0 radical (unpaired) electrons. The van der Waals surface area contributed by atoms with Gasteiger partial charge < -0.3 is 9.64 Å². The van der Waals surface area contributed by atoms with Crippen LogP contribution in [0.25, 0.3) is 5.57 Å². The van der Waals surface area contributed by atoms with E-state index in [1.54, 1.807) is 17.0 Å². The molecule has 1 atom stereocenters. The molecule has 140 valence electrons. The Kier molecular flexibility index (Phi) is 5.47. The van der Waals surface area contributed by atoms with E-state index in [0.29, 0.717) is 18.9 Å². The summed E-state index contributed by atoms with van der Waals surface area (Å²) in [5, 5.41) is 9.00. The molecule has 0 aliphatic carbocycles. The molecule has 0 saturated heterocycles. The van der Waals surface area contributed by atoms with Gasteiger partial charge in [0.1, 0.15) is 12.4 Å². The van der Waals surface area contributed by atoms with E-state index in [0.717, 1.165) is 17.8 Å². The van der Waals surface area contributed by atoms with E-state index < -0.39 is 9.84 Å². The summed E-state index contributed by atoms with van der Waals surface area (Å²) in [5.74, 6) is 0.865. The van der Waals surface area contributed by atoms with Crippen LogP contribution >= 0.6 is 0 Å². The van der Waals surface area contributed by atoms with Crippen LogP contribution in [-0.4, -0.2) is 37.6 Å². The number of hydrogen-bond acceptors (Lipinski definition) is 6. The van der Waals surface area contributed by atoms with Crippen LogP contribution in [-0.2, 0) is 16.4 Å². The van der Waals surface area contributed by atoms with Crippen LogP contribution in [0.15, 0.2) is 53.6 Å². The molecule has 1 unspecified atom stereocenters. The lowest BCUT2D eigenvalue weighted by Gasteiger charge is -2.27. The van der Waals surface area contributed by atoms with Crippen LogP contribution in [0.1, 0.15) is 18.2 Å². The van der Waals surface area contributed by atoms with Crippen molar-refractivity contribution in [2.45, 2.75) is 18.4 Å². The summed E-state index contributed by atoms with van der Waals surface area (Å²) >= 11 is 0. The van der Waals surface area contributed by atoms with Gasteiger partial charge in [0.05, 0.1) is 10.6 Å². The molecule has 7 heteroatoms. The third-order valence-corrected chi connectivity index (χ3v) is 5.62. The standard InChI is InChI=1S/C20H21N3O3S/c1-15-12-23(14-21)10-9-20(15)16-3-4-17(22-11-16)13-26-18-5-7-19(8-6-18)27(2,24)25/h3-9,11,15H,10,12-13H2,1-2H3. The molecule has 0 amide bonds. The van der Waals surface area contributed by atoms with Crippen LogP contribution in [0.4, 0.5) is 0 Å². The average molecular weight is 383 g/mol. The van der Waals surface area contributed by atoms with Gasteiger partial charge in [-0.15, -0.1) is 0 Å². The minimum absolute atomic E-state index is 0.266. The van der Waals surface area contributed by atoms with Crippen LogP contribution in [0.3, 0.4) is 0 Å². The molecule has 2 aromatic rings. The van der Waals surface area contributed by atoms with Crippen LogP contribution < -0.4 is 4.74 Å². The van der Waals surface area contributed by atoms with Gasteiger partial charge in [-0.2, -0.15) is 5.26 Å². The molecule has 0 fully saturated rings. The predicted octanol–water partition coefficient (Wildman–Crippen LogP) is 2.88. The molecule has 0 N–H and O–H groups in total. The highest BCUT2D eigenvalue weighted by Crippen LogP contribution is 2.27. The first kappa shape index (κ1) is 18.9. The molecule has 2 heterocycles. The van der Waals surface area contributed by atoms with E-state index in [1.165, 1.54) is 24.0 Å². The minimum atomic E-state index is -3.21. The quantitative estimate of drug-likeness (QED) is 0.738. The second-order valence-electron chi connectivity index (χ2n) is 6.64. The van der Waals surface area contributed by atoms with Crippen molar-refractivity contribution in [1.29, 1.82) is 5.26 Å². The molecule has 27 heavy (non-hydrogen) atoms. The Bertz CT molecular complexity index is 975. The van der Waals surface area contributed by atoms with E-state index >= 15 is 0 Å². The largest absolute Gasteiger partial charge is 0.487 e. The second kappa shape index (κ2) is 7.80. The van der Waals surface area contributed by atoms with E-state index in [9.17, 15) is 8.42 Å². The van der Waals surface area contributed by atoms with Gasteiger partial charge >= 0.3 is 0 Å². The Morgan fingerprint density at radius 1 is 1.26 bits per heavy atom. The highest BCUT2D eigenvalue weighted by atomic mass is 32.2. The van der Waals surface area contributed by atoms with Crippen molar-refractivity contribution in [3.63, 3.8) is 0 Å². The number of hydrogen-bond donors (Lipinski definition) is 0. The number of rotatable bonds is 5. The van der Waals surface area contributed by atoms with Gasteiger partial charge in [0, 0.05) is 25.5 Å². The number of ether oxygens (including phenoxy) is 1. The number of nitrogens with zero attached hydrogens (tertiary/aromatic N) is 3. The average Bonchev–Trinajstić information content (AvgIpc) is 2.66. The zero-order chi connectivity index (χ0) is 19.4. The molecular formula is C20H21N3O3S.